The van der Waals surface area contributed by atoms with Gasteiger partial charge in [0.2, 0.25) is 10.0 Å². The molecule has 1 atom stereocenters. The Labute approximate surface area is 147 Å². The van der Waals surface area contributed by atoms with E-state index in [9.17, 15) is 12.8 Å². The van der Waals surface area contributed by atoms with E-state index in [-0.39, 0.29) is 10.5 Å². The fraction of sp³-hybridized carbons (Fsp3) is 0.333. The third kappa shape index (κ3) is 4.29. The molecule has 136 valence electrons. The van der Waals surface area contributed by atoms with Crippen LogP contribution in [0.3, 0.4) is 0 Å². The SMILES string of the molecule is CC[C@@H](NS(=O)(=O)c1ccc(F)c(C)c1)c1ccc(OC)c(OC)c1. The molecule has 1 N–H and O–H groups in total. The second kappa shape index (κ2) is 7.84. The molecule has 0 amide bonds. The molecule has 0 aliphatic carbocycles. The molecule has 0 aromatic heterocycles. The maximum atomic E-state index is 13.4. The first-order chi connectivity index (χ1) is 11.8. The van der Waals surface area contributed by atoms with Crippen molar-refractivity contribution in [1.82, 2.24) is 4.72 Å². The first kappa shape index (κ1) is 19.2. The van der Waals surface area contributed by atoms with Crippen molar-refractivity contribution >= 4 is 10.0 Å². The molecule has 0 aliphatic rings. The molecule has 7 heteroatoms. The van der Waals surface area contributed by atoms with Crippen LogP contribution in [0.2, 0.25) is 0 Å². The maximum Gasteiger partial charge on any atom is 0.241 e. The van der Waals surface area contributed by atoms with Crippen molar-refractivity contribution in [3.8, 4) is 11.5 Å². The number of nitrogens with one attached hydrogen (secondary N) is 1. The molecule has 0 bridgehead atoms. The molecule has 5 nitrogen and oxygen atoms in total. The highest BCUT2D eigenvalue weighted by Crippen LogP contribution is 2.31. The summed E-state index contributed by atoms with van der Waals surface area (Å²) in [6.07, 6.45) is 0.537. The van der Waals surface area contributed by atoms with E-state index in [1.165, 1.54) is 33.3 Å². The van der Waals surface area contributed by atoms with E-state index in [4.69, 9.17) is 9.47 Å². The zero-order valence-corrected chi connectivity index (χ0v) is 15.5. The molecule has 0 aliphatic heterocycles. The second-order valence-electron chi connectivity index (χ2n) is 5.61. The highest BCUT2D eigenvalue weighted by atomic mass is 32.2. The summed E-state index contributed by atoms with van der Waals surface area (Å²) in [5.74, 6) is 0.652. The van der Waals surface area contributed by atoms with Gasteiger partial charge in [0.15, 0.2) is 11.5 Å². The van der Waals surface area contributed by atoms with Crippen LogP contribution in [0.5, 0.6) is 11.5 Å². The Balaban J connectivity index is 2.33. The summed E-state index contributed by atoms with van der Waals surface area (Å²) in [4.78, 5) is 0.0327. The summed E-state index contributed by atoms with van der Waals surface area (Å²) in [6, 6.07) is 8.54. The number of aryl methyl sites for hydroxylation is 1. The van der Waals surface area contributed by atoms with Crippen molar-refractivity contribution in [1.29, 1.82) is 0 Å². The minimum Gasteiger partial charge on any atom is -0.493 e. The van der Waals surface area contributed by atoms with Crippen LogP contribution in [-0.4, -0.2) is 22.6 Å². The smallest absolute Gasteiger partial charge is 0.241 e. The van der Waals surface area contributed by atoms with Gasteiger partial charge in [0.25, 0.3) is 0 Å². The van der Waals surface area contributed by atoms with Crippen LogP contribution in [-0.2, 0) is 10.0 Å². The number of sulfonamides is 1. The third-order valence-electron chi connectivity index (χ3n) is 3.96. The van der Waals surface area contributed by atoms with Gasteiger partial charge in [-0.1, -0.05) is 13.0 Å². The first-order valence-electron chi connectivity index (χ1n) is 7.82. The van der Waals surface area contributed by atoms with Crippen LogP contribution in [0.4, 0.5) is 4.39 Å². The third-order valence-corrected chi connectivity index (χ3v) is 5.42. The summed E-state index contributed by atoms with van der Waals surface area (Å²) < 4.78 is 51.8. The standard InChI is InChI=1S/C18H22FNO4S/c1-5-16(13-6-9-17(23-3)18(11-13)24-4)20-25(21,22)14-7-8-15(19)12(2)10-14/h6-11,16,20H,5H2,1-4H3/t16-/m1/s1. The Morgan fingerprint density at radius 2 is 1.76 bits per heavy atom. The number of benzene rings is 2. The van der Waals surface area contributed by atoms with Crippen molar-refractivity contribution in [2.75, 3.05) is 14.2 Å². The summed E-state index contributed by atoms with van der Waals surface area (Å²) in [7, 11) is -0.725. The van der Waals surface area contributed by atoms with E-state index in [1.807, 2.05) is 6.92 Å². The second-order valence-corrected chi connectivity index (χ2v) is 7.32. The number of methoxy groups -OCH3 is 2. The minimum absolute atomic E-state index is 0.0327. The fourth-order valence-electron chi connectivity index (χ4n) is 2.50. The summed E-state index contributed by atoms with van der Waals surface area (Å²) in [5, 5.41) is 0. The Kier molecular flexibility index (Phi) is 6.02. The lowest BCUT2D eigenvalue weighted by molar-refractivity contribution is 0.354. The van der Waals surface area contributed by atoms with Crippen LogP contribution < -0.4 is 14.2 Å². The average Bonchev–Trinajstić information content (AvgIpc) is 2.61. The molecule has 0 radical (unpaired) electrons. The molecule has 0 spiro atoms. The molecular formula is C18H22FNO4S. The fourth-order valence-corrected chi connectivity index (χ4v) is 3.89. The van der Waals surface area contributed by atoms with Crippen LogP contribution in [0.15, 0.2) is 41.3 Å². The van der Waals surface area contributed by atoms with E-state index < -0.39 is 21.9 Å². The molecular weight excluding hydrogens is 345 g/mol. The van der Waals surface area contributed by atoms with Crippen LogP contribution in [0.25, 0.3) is 0 Å². The summed E-state index contributed by atoms with van der Waals surface area (Å²) >= 11 is 0. The van der Waals surface area contributed by atoms with Gasteiger partial charge in [-0.15, -0.1) is 0 Å². The zero-order chi connectivity index (χ0) is 18.6. The lowest BCUT2D eigenvalue weighted by Gasteiger charge is -2.19. The van der Waals surface area contributed by atoms with Crippen molar-refractivity contribution < 1.29 is 22.3 Å². The van der Waals surface area contributed by atoms with Crippen LogP contribution in [0.1, 0.15) is 30.5 Å². The van der Waals surface area contributed by atoms with Crippen LogP contribution >= 0.6 is 0 Å². The minimum atomic E-state index is -3.78. The van der Waals surface area contributed by atoms with E-state index in [1.54, 1.807) is 18.2 Å². The van der Waals surface area contributed by atoms with Gasteiger partial charge in [-0.25, -0.2) is 17.5 Å². The summed E-state index contributed by atoms with van der Waals surface area (Å²) in [6.45, 7) is 3.40. The van der Waals surface area contributed by atoms with Crippen molar-refractivity contribution in [2.45, 2.75) is 31.2 Å². The zero-order valence-electron chi connectivity index (χ0n) is 14.7. The van der Waals surface area contributed by atoms with E-state index in [0.717, 1.165) is 11.6 Å². The average molecular weight is 367 g/mol. The lowest BCUT2D eigenvalue weighted by atomic mass is 10.1. The largest absolute Gasteiger partial charge is 0.493 e. The predicted octanol–water partition coefficient (Wildman–Crippen LogP) is 3.58. The molecule has 0 saturated heterocycles. The van der Waals surface area contributed by atoms with Crippen molar-refractivity contribution in [2.24, 2.45) is 0 Å². The van der Waals surface area contributed by atoms with Gasteiger partial charge in [0.05, 0.1) is 19.1 Å². The van der Waals surface area contributed by atoms with E-state index in [2.05, 4.69) is 4.72 Å². The monoisotopic (exact) mass is 367 g/mol. The Morgan fingerprint density at radius 3 is 2.32 bits per heavy atom. The van der Waals surface area contributed by atoms with Gasteiger partial charge >= 0.3 is 0 Å². The van der Waals surface area contributed by atoms with Gasteiger partial charge in [-0.05, 0) is 54.8 Å². The predicted molar refractivity (Wildman–Crippen MR) is 94.0 cm³/mol. The Morgan fingerprint density at radius 1 is 1.08 bits per heavy atom. The molecule has 0 saturated carbocycles. The van der Waals surface area contributed by atoms with Gasteiger partial charge in [-0.3, -0.25) is 0 Å². The van der Waals surface area contributed by atoms with Crippen molar-refractivity contribution in [3.05, 3.63) is 53.3 Å². The quantitative estimate of drug-likeness (QED) is 0.812. The van der Waals surface area contributed by atoms with Gasteiger partial charge in [0, 0.05) is 6.04 Å². The van der Waals surface area contributed by atoms with E-state index in [0.29, 0.717) is 17.9 Å². The summed E-state index contributed by atoms with van der Waals surface area (Å²) in [5.41, 5.74) is 1.03. The topological polar surface area (TPSA) is 64.6 Å². The Hall–Kier alpha value is -2.12. The van der Waals surface area contributed by atoms with Crippen molar-refractivity contribution in [3.63, 3.8) is 0 Å². The Bertz CT molecular complexity index is 852. The molecule has 2 aromatic carbocycles. The molecule has 2 rings (SSSR count). The number of hydrogen-bond acceptors (Lipinski definition) is 4. The normalized spacial score (nSPS) is 12.7. The molecule has 0 fully saturated rings. The molecule has 0 heterocycles. The van der Waals surface area contributed by atoms with Gasteiger partial charge in [-0.2, -0.15) is 0 Å². The number of hydrogen-bond donors (Lipinski definition) is 1. The molecule has 0 unspecified atom stereocenters. The number of ether oxygens (including phenoxy) is 2. The highest BCUT2D eigenvalue weighted by molar-refractivity contribution is 7.89. The number of halogens is 1. The molecule has 25 heavy (non-hydrogen) atoms. The highest BCUT2D eigenvalue weighted by Gasteiger charge is 2.22. The lowest BCUT2D eigenvalue weighted by Crippen LogP contribution is -2.28. The molecule has 2 aromatic rings. The maximum absolute atomic E-state index is 13.4. The first-order valence-corrected chi connectivity index (χ1v) is 9.31. The number of rotatable bonds is 7. The van der Waals surface area contributed by atoms with Gasteiger partial charge < -0.3 is 9.47 Å². The van der Waals surface area contributed by atoms with Crippen LogP contribution in [0, 0.1) is 12.7 Å². The van der Waals surface area contributed by atoms with E-state index >= 15 is 0 Å². The van der Waals surface area contributed by atoms with Gasteiger partial charge in [0.1, 0.15) is 5.82 Å².